The van der Waals surface area contributed by atoms with Crippen molar-refractivity contribution in [3.05, 3.63) is 78.8 Å². The second-order valence-electron chi connectivity index (χ2n) is 5.45. The SMILES string of the molecule is N[C@H](Cc1ccccc1)C(=O)Nc1ccc(-c2ccncc2)nc1. The average Bonchev–Trinajstić information content (AvgIpc) is 2.64. The zero-order valence-corrected chi connectivity index (χ0v) is 13.1. The van der Waals surface area contributed by atoms with Crippen LogP contribution in [0.2, 0.25) is 0 Å². The number of nitrogens with two attached hydrogens (primary N) is 1. The van der Waals surface area contributed by atoms with Crippen molar-refractivity contribution >= 4 is 11.6 Å². The summed E-state index contributed by atoms with van der Waals surface area (Å²) in [6, 6.07) is 16.5. The van der Waals surface area contributed by atoms with E-state index in [2.05, 4.69) is 15.3 Å². The van der Waals surface area contributed by atoms with Gasteiger partial charge in [0, 0.05) is 18.0 Å². The minimum Gasteiger partial charge on any atom is -0.323 e. The largest absolute Gasteiger partial charge is 0.323 e. The molecule has 24 heavy (non-hydrogen) atoms. The fourth-order valence-electron chi connectivity index (χ4n) is 2.36. The van der Waals surface area contributed by atoms with E-state index < -0.39 is 6.04 Å². The number of benzene rings is 1. The predicted molar refractivity (Wildman–Crippen MR) is 94.2 cm³/mol. The number of carbonyl (C=O) groups excluding carboxylic acids is 1. The molecular weight excluding hydrogens is 300 g/mol. The van der Waals surface area contributed by atoms with Crippen molar-refractivity contribution in [1.29, 1.82) is 0 Å². The number of pyridine rings is 2. The molecular formula is C19H18N4O. The molecule has 0 unspecified atom stereocenters. The van der Waals surface area contributed by atoms with Crippen LogP contribution in [0.3, 0.4) is 0 Å². The zero-order chi connectivity index (χ0) is 16.8. The molecule has 5 nitrogen and oxygen atoms in total. The summed E-state index contributed by atoms with van der Waals surface area (Å²) >= 11 is 0. The van der Waals surface area contributed by atoms with E-state index in [1.165, 1.54) is 0 Å². The zero-order valence-electron chi connectivity index (χ0n) is 13.1. The fraction of sp³-hybridized carbons (Fsp3) is 0.105. The minimum atomic E-state index is -0.604. The van der Waals surface area contributed by atoms with Crippen LogP contribution in [0.25, 0.3) is 11.3 Å². The molecule has 0 aliphatic heterocycles. The number of hydrogen-bond donors (Lipinski definition) is 2. The van der Waals surface area contributed by atoms with Crippen molar-refractivity contribution in [1.82, 2.24) is 9.97 Å². The van der Waals surface area contributed by atoms with Gasteiger partial charge < -0.3 is 11.1 Å². The van der Waals surface area contributed by atoms with Crippen LogP contribution in [-0.2, 0) is 11.2 Å². The highest BCUT2D eigenvalue weighted by Gasteiger charge is 2.14. The smallest absolute Gasteiger partial charge is 0.241 e. The molecule has 0 saturated heterocycles. The number of rotatable bonds is 5. The number of amides is 1. The van der Waals surface area contributed by atoms with Gasteiger partial charge in [0.15, 0.2) is 0 Å². The first-order valence-corrected chi connectivity index (χ1v) is 7.69. The molecule has 3 aromatic rings. The molecule has 0 bridgehead atoms. The highest BCUT2D eigenvalue weighted by atomic mass is 16.2. The topological polar surface area (TPSA) is 80.9 Å². The van der Waals surface area contributed by atoms with Gasteiger partial charge in [-0.05, 0) is 36.2 Å². The second-order valence-corrected chi connectivity index (χ2v) is 5.45. The molecule has 2 heterocycles. The molecule has 1 atom stereocenters. The van der Waals surface area contributed by atoms with Crippen LogP contribution in [-0.4, -0.2) is 21.9 Å². The highest BCUT2D eigenvalue weighted by molar-refractivity contribution is 5.94. The highest BCUT2D eigenvalue weighted by Crippen LogP contribution is 2.17. The Morgan fingerprint density at radius 2 is 1.79 bits per heavy atom. The van der Waals surface area contributed by atoms with Gasteiger partial charge in [-0.15, -0.1) is 0 Å². The predicted octanol–water partition coefficient (Wildman–Crippen LogP) is 2.65. The van der Waals surface area contributed by atoms with Crippen LogP contribution in [0.5, 0.6) is 0 Å². The second kappa shape index (κ2) is 7.48. The van der Waals surface area contributed by atoms with Crippen molar-refractivity contribution in [3.63, 3.8) is 0 Å². The Hall–Kier alpha value is -3.05. The van der Waals surface area contributed by atoms with Gasteiger partial charge in [-0.1, -0.05) is 30.3 Å². The van der Waals surface area contributed by atoms with Crippen LogP contribution >= 0.6 is 0 Å². The molecule has 0 saturated carbocycles. The summed E-state index contributed by atoms with van der Waals surface area (Å²) in [7, 11) is 0. The standard InChI is InChI=1S/C19H18N4O/c20-17(12-14-4-2-1-3-5-14)19(24)23-16-6-7-18(22-13-16)15-8-10-21-11-9-15/h1-11,13,17H,12,20H2,(H,23,24)/t17-/m1/s1. The number of aromatic nitrogens is 2. The lowest BCUT2D eigenvalue weighted by atomic mass is 10.1. The Morgan fingerprint density at radius 1 is 1.04 bits per heavy atom. The van der Waals surface area contributed by atoms with Crippen LogP contribution in [0.15, 0.2) is 73.2 Å². The number of carbonyl (C=O) groups is 1. The van der Waals surface area contributed by atoms with E-state index in [4.69, 9.17) is 5.73 Å². The Labute approximate surface area is 140 Å². The van der Waals surface area contributed by atoms with Crippen molar-refractivity contribution in [3.8, 4) is 11.3 Å². The van der Waals surface area contributed by atoms with E-state index in [1.807, 2.05) is 54.6 Å². The fourth-order valence-corrected chi connectivity index (χ4v) is 2.36. The maximum atomic E-state index is 12.2. The summed E-state index contributed by atoms with van der Waals surface area (Å²) < 4.78 is 0. The Kier molecular flexibility index (Phi) is 4.93. The molecule has 0 radical (unpaired) electrons. The third-order valence-corrected chi connectivity index (χ3v) is 3.64. The molecule has 1 aromatic carbocycles. The van der Waals surface area contributed by atoms with Gasteiger partial charge in [0.25, 0.3) is 0 Å². The molecule has 5 heteroatoms. The molecule has 1 amide bonds. The Morgan fingerprint density at radius 3 is 2.46 bits per heavy atom. The average molecular weight is 318 g/mol. The lowest BCUT2D eigenvalue weighted by Gasteiger charge is -2.12. The normalized spacial score (nSPS) is 11.7. The first kappa shape index (κ1) is 15.8. The van der Waals surface area contributed by atoms with E-state index in [9.17, 15) is 4.79 Å². The van der Waals surface area contributed by atoms with Crippen molar-refractivity contribution in [2.75, 3.05) is 5.32 Å². The number of nitrogens with zero attached hydrogens (tertiary/aromatic N) is 2. The maximum absolute atomic E-state index is 12.2. The van der Waals surface area contributed by atoms with Gasteiger partial charge in [0.05, 0.1) is 23.6 Å². The van der Waals surface area contributed by atoms with Crippen LogP contribution < -0.4 is 11.1 Å². The number of hydrogen-bond acceptors (Lipinski definition) is 4. The van der Waals surface area contributed by atoms with E-state index in [0.717, 1.165) is 16.8 Å². The van der Waals surface area contributed by atoms with Crippen LogP contribution in [0, 0.1) is 0 Å². The number of anilines is 1. The number of nitrogens with one attached hydrogen (secondary N) is 1. The van der Waals surface area contributed by atoms with E-state index >= 15 is 0 Å². The summed E-state index contributed by atoms with van der Waals surface area (Å²) in [4.78, 5) is 20.5. The monoisotopic (exact) mass is 318 g/mol. The summed E-state index contributed by atoms with van der Waals surface area (Å²) in [5.41, 5.74) is 9.44. The van der Waals surface area contributed by atoms with Gasteiger partial charge >= 0.3 is 0 Å². The van der Waals surface area contributed by atoms with E-state index in [-0.39, 0.29) is 5.91 Å². The van der Waals surface area contributed by atoms with Gasteiger partial charge in [-0.2, -0.15) is 0 Å². The van der Waals surface area contributed by atoms with Crippen LogP contribution in [0.1, 0.15) is 5.56 Å². The third-order valence-electron chi connectivity index (χ3n) is 3.64. The molecule has 3 N–H and O–H groups in total. The van der Waals surface area contributed by atoms with Gasteiger partial charge in [0.1, 0.15) is 0 Å². The lowest BCUT2D eigenvalue weighted by molar-refractivity contribution is -0.117. The Balaban J connectivity index is 1.62. The molecule has 0 fully saturated rings. The van der Waals surface area contributed by atoms with Crippen molar-refractivity contribution in [2.24, 2.45) is 5.73 Å². The van der Waals surface area contributed by atoms with E-state index in [1.54, 1.807) is 18.6 Å². The van der Waals surface area contributed by atoms with Gasteiger partial charge in [-0.25, -0.2) is 0 Å². The first-order valence-electron chi connectivity index (χ1n) is 7.69. The molecule has 3 rings (SSSR count). The summed E-state index contributed by atoms with van der Waals surface area (Å²) in [5, 5.41) is 2.80. The van der Waals surface area contributed by atoms with Crippen molar-refractivity contribution < 1.29 is 4.79 Å². The van der Waals surface area contributed by atoms with Gasteiger partial charge in [0.2, 0.25) is 5.91 Å². The lowest BCUT2D eigenvalue weighted by Crippen LogP contribution is -2.37. The maximum Gasteiger partial charge on any atom is 0.241 e. The third kappa shape index (κ3) is 4.02. The summed E-state index contributed by atoms with van der Waals surface area (Å²) in [6.45, 7) is 0. The molecule has 0 aliphatic carbocycles. The minimum absolute atomic E-state index is 0.225. The van der Waals surface area contributed by atoms with Gasteiger partial charge in [-0.3, -0.25) is 14.8 Å². The van der Waals surface area contributed by atoms with E-state index in [0.29, 0.717) is 12.1 Å². The summed E-state index contributed by atoms with van der Waals surface area (Å²) in [6.07, 6.45) is 5.56. The summed E-state index contributed by atoms with van der Waals surface area (Å²) in [5.74, 6) is -0.225. The molecule has 2 aromatic heterocycles. The molecule has 0 aliphatic rings. The van der Waals surface area contributed by atoms with Crippen LogP contribution in [0.4, 0.5) is 5.69 Å². The molecule has 120 valence electrons. The van der Waals surface area contributed by atoms with Crippen molar-refractivity contribution in [2.45, 2.75) is 12.5 Å². The molecule has 0 spiro atoms. The Bertz CT molecular complexity index is 789. The first-order chi connectivity index (χ1) is 11.7. The quantitative estimate of drug-likeness (QED) is 0.758.